The van der Waals surface area contributed by atoms with Crippen molar-refractivity contribution in [3.05, 3.63) is 84.2 Å². The number of benzene rings is 3. The number of ether oxygens (including phenoxy) is 2. The third-order valence-corrected chi connectivity index (χ3v) is 5.40. The summed E-state index contributed by atoms with van der Waals surface area (Å²) >= 11 is 0. The Bertz CT molecular complexity index is 1250. The average molecular weight is 428 g/mol. The summed E-state index contributed by atoms with van der Waals surface area (Å²) in [5.41, 5.74) is 4.98. The molecule has 3 aromatic carbocycles. The van der Waals surface area contributed by atoms with E-state index in [2.05, 4.69) is 33.8 Å². The molecule has 2 N–H and O–H groups in total. The normalized spacial score (nSPS) is 10.6. The summed E-state index contributed by atoms with van der Waals surface area (Å²) in [6.45, 7) is 2.41. The van der Waals surface area contributed by atoms with Gasteiger partial charge in [0.05, 0.1) is 14.2 Å². The van der Waals surface area contributed by atoms with Crippen molar-refractivity contribution in [2.24, 2.45) is 0 Å². The van der Waals surface area contributed by atoms with Gasteiger partial charge in [-0.05, 0) is 77.0 Å². The number of carbonyl (C=O) groups excluding carboxylic acids is 1. The minimum atomic E-state index is -0.276. The Morgan fingerprint density at radius 3 is 2.47 bits per heavy atom. The largest absolute Gasteiger partial charge is 0.497 e. The summed E-state index contributed by atoms with van der Waals surface area (Å²) in [6, 6.07) is 19.2. The van der Waals surface area contributed by atoms with Crippen molar-refractivity contribution < 1.29 is 14.3 Å². The van der Waals surface area contributed by atoms with Crippen LogP contribution in [0, 0.1) is 6.92 Å². The fourth-order valence-corrected chi connectivity index (χ4v) is 3.73. The molecule has 1 aromatic heterocycles. The number of hydrogen-bond donors (Lipinski definition) is 2. The highest BCUT2D eigenvalue weighted by atomic mass is 16.5. The van der Waals surface area contributed by atoms with Crippen LogP contribution in [0.3, 0.4) is 0 Å². The van der Waals surface area contributed by atoms with Crippen LogP contribution in [0.25, 0.3) is 21.9 Å². The molecule has 0 atom stereocenters. The molecular formula is C26H25N3O3. The van der Waals surface area contributed by atoms with Gasteiger partial charge in [0.15, 0.2) is 0 Å². The van der Waals surface area contributed by atoms with E-state index in [1.165, 1.54) is 0 Å². The second-order valence-corrected chi connectivity index (χ2v) is 7.41. The Kier molecular flexibility index (Phi) is 6.22. The molecule has 0 saturated heterocycles. The number of nitrogens with zero attached hydrogens (tertiary/aromatic N) is 1. The first-order chi connectivity index (χ1) is 15.6. The number of hydrogen-bond acceptors (Lipinski definition) is 4. The van der Waals surface area contributed by atoms with E-state index in [1.54, 1.807) is 44.7 Å². The van der Waals surface area contributed by atoms with E-state index >= 15 is 0 Å². The standard InChI is InChI=1S/C26H25N3O3/c1-17-14-18(5-11-25(17)32-3)22-10-4-19(24-16-27-13-12-23(22)24)15-28-26(30)29-20-6-8-21(31-2)9-7-20/h4-14,16H,15H2,1-3H3,(H2,28,29,30). The number of aryl methyl sites for hydroxylation is 1. The number of pyridine rings is 1. The van der Waals surface area contributed by atoms with E-state index in [9.17, 15) is 4.79 Å². The maximum atomic E-state index is 12.4. The molecule has 1 heterocycles. The minimum absolute atomic E-state index is 0.276. The predicted octanol–water partition coefficient (Wildman–Crippen LogP) is 5.55. The van der Waals surface area contributed by atoms with Crippen molar-refractivity contribution in [1.29, 1.82) is 0 Å². The molecule has 0 fully saturated rings. The molecule has 0 bridgehead atoms. The van der Waals surface area contributed by atoms with Crippen LogP contribution in [0.5, 0.6) is 11.5 Å². The number of urea groups is 1. The zero-order chi connectivity index (χ0) is 22.5. The van der Waals surface area contributed by atoms with E-state index < -0.39 is 0 Å². The van der Waals surface area contributed by atoms with Gasteiger partial charge in [-0.2, -0.15) is 0 Å². The Balaban J connectivity index is 1.54. The van der Waals surface area contributed by atoms with Crippen molar-refractivity contribution in [2.75, 3.05) is 19.5 Å². The van der Waals surface area contributed by atoms with Crippen molar-refractivity contribution in [2.45, 2.75) is 13.5 Å². The van der Waals surface area contributed by atoms with Crippen LogP contribution < -0.4 is 20.1 Å². The van der Waals surface area contributed by atoms with Gasteiger partial charge in [-0.3, -0.25) is 4.98 Å². The maximum Gasteiger partial charge on any atom is 0.319 e. The molecule has 0 saturated carbocycles. The van der Waals surface area contributed by atoms with Gasteiger partial charge in [0.2, 0.25) is 0 Å². The van der Waals surface area contributed by atoms with Gasteiger partial charge in [0.25, 0.3) is 0 Å². The van der Waals surface area contributed by atoms with Gasteiger partial charge in [-0.15, -0.1) is 0 Å². The first kappa shape index (κ1) is 21.2. The molecule has 0 aliphatic carbocycles. The number of nitrogens with one attached hydrogen (secondary N) is 2. The van der Waals surface area contributed by atoms with Crippen LogP contribution >= 0.6 is 0 Å². The summed E-state index contributed by atoms with van der Waals surface area (Å²) in [5.74, 6) is 1.60. The van der Waals surface area contributed by atoms with Crippen molar-refractivity contribution in [1.82, 2.24) is 10.3 Å². The van der Waals surface area contributed by atoms with Gasteiger partial charge in [0, 0.05) is 30.0 Å². The molecule has 0 radical (unpaired) electrons. The molecule has 4 aromatic rings. The Morgan fingerprint density at radius 1 is 0.938 bits per heavy atom. The third-order valence-electron chi connectivity index (χ3n) is 5.40. The molecular weight excluding hydrogens is 402 g/mol. The van der Waals surface area contributed by atoms with E-state index in [-0.39, 0.29) is 6.03 Å². The molecule has 0 aliphatic rings. The Hall–Kier alpha value is -4.06. The van der Waals surface area contributed by atoms with Crippen LogP contribution in [0.1, 0.15) is 11.1 Å². The van der Waals surface area contributed by atoms with Gasteiger partial charge in [-0.1, -0.05) is 18.2 Å². The van der Waals surface area contributed by atoms with Crippen molar-refractivity contribution in [3.63, 3.8) is 0 Å². The second-order valence-electron chi connectivity index (χ2n) is 7.41. The van der Waals surface area contributed by atoms with Crippen LogP contribution in [0.15, 0.2) is 73.1 Å². The number of methoxy groups -OCH3 is 2. The highest BCUT2D eigenvalue weighted by molar-refractivity contribution is 5.98. The number of amides is 2. The van der Waals surface area contributed by atoms with E-state index in [1.807, 2.05) is 31.3 Å². The Labute approximate surface area is 187 Å². The van der Waals surface area contributed by atoms with Gasteiger partial charge < -0.3 is 20.1 Å². The quantitative estimate of drug-likeness (QED) is 0.423. The SMILES string of the molecule is COc1ccc(NC(=O)NCc2ccc(-c3ccc(OC)c(C)c3)c3ccncc23)cc1. The topological polar surface area (TPSA) is 72.5 Å². The van der Waals surface area contributed by atoms with Gasteiger partial charge in [-0.25, -0.2) is 4.79 Å². The summed E-state index contributed by atoms with van der Waals surface area (Å²) in [4.78, 5) is 16.7. The van der Waals surface area contributed by atoms with Gasteiger partial charge >= 0.3 is 6.03 Å². The predicted molar refractivity (Wildman–Crippen MR) is 127 cm³/mol. The number of carbonyl (C=O) groups is 1. The average Bonchev–Trinajstić information content (AvgIpc) is 2.83. The molecule has 0 unspecified atom stereocenters. The fraction of sp³-hybridized carbons (Fsp3) is 0.154. The number of fused-ring (bicyclic) bond motifs is 1. The summed E-state index contributed by atoms with van der Waals surface area (Å²) < 4.78 is 10.5. The molecule has 32 heavy (non-hydrogen) atoms. The Morgan fingerprint density at radius 2 is 1.75 bits per heavy atom. The zero-order valence-electron chi connectivity index (χ0n) is 18.3. The van der Waals surface area contributed by atoms with E-state index in [4.69, 9.17) is 9.47 Å². The number of anilines is 1. The minimum Gasteiger partial charge on any atom is -0.497 e. The molecule has 0 spiro atoms. The fourth-order valence-electron chi connectivity index (χ4n) is 3.73. The van der Waals surface area contributed by atoms with Crippen LogP contribution in [-0.4, -0.2) is 25.2 Å². The number of rotatable bonds is 6. The lowest BCUT2D eigenvalue weighted by Gasteiger charge is -2.14. The van der Waals surface area contributed by atoms with Crippen molar-refractivity contribution in [3.8, 4) is 22.6 Å². The smallest absolute Gasteiger partial charge is 0.319 e. The first-order valence-electron chi connectivity index (χ1n) is 10.3. The monoisotopic (exact) mass is 427 g/mol. The van der Waals surface area contributed by atoms with Gasteiger partial charge in [0.1, 0.15) is 11.5 Å². The van der Waals surface area contributed by atoms with E-state index in [0.29, 0.717) is 12.2 Å². The molecule has 6 nitrogen and oxygen atoms in total. The van der Waals surface area contributed by atoms with Crippen LogP contribution in [-0.2, 0) is 6.54 Å². The highest BCUT2D eigenvalue weighted by Gasteiger charge is 2.11. The molecule has 4 rings (SSSR count). The lowest BCUT2D eigenvalue weighted by molar-refractivity contribution is 0.252. The molecule has 162 valence electrons. The first-order valence-corrected chi connectivity index (χ1v) is 10.3. The zero-order valence-corrected chi connectivity index (χ0v) is 18.3. The summed E-state index contributed by atoms with van der Waals surface area (Å²) in [7, 11) is 3.28. The van der Waals surface area contributed by atoms with Crippen molar-refractivity contribution >= 4 is 22.5 Å². The lowest BCUT2D eigenvalue weighted by Crippen LogP contribution is -2.28. The highest BCUT2D eigenvalue weighted by Crippen LogP contribution is 2.33. The molecule has 2 amide bonds. The maximum absolute atomic E-state index is 12.4. The molecule has 6 heteroatoms. The second kappa shape index (κ2) is 9.39. The number of aromatic nitrogens is 1. The van der Waals surface area contributed by atoms with E-state index in [0.717, 1.165) is 44.5 Å². The summed E-state index contributed by atoms with van der Waals surface area (Å²) in [6.07, 6.45) is 3.63. The van der Waals surface area contributed by atoms with Crippen LogP contribution in [0.2, 0.25) is 0 Å². The molecule has 0 aliphatic heterocycles. The third kappa shape index (κ3) is 4.49. The van der Waals surface area contributed by atoms with Crippen LogP contribution in [0.4, 0.5) is 10.5 Å². The summed E-state index contributed by atoms with van der Waals surface area (Å²) in [5, 5.41) is 7.84. The lowest BCUT2D eigenvalue weighted by atomic mass is 9.95.